The molecule has 0 unspecified atom stereocenters. The number of nitrogens with one attached hydrogen (secondary N) is 1. The number of sulfonamides is 1. The molecule has 0 saturated carbocycles. The minimum absolute atomic E-state index is 0.151. The number of carbonyl (C=O) groups excluding carboxylic acids is 1. The van der Waals surface area contributed by atoms with Gasteiger partial charge >= 0.3 is 0 Å². The Morgan fingerprint density at radius 3 is 2.48 bits per heavy atom. The van der Waals surface area contributed by atoms with Crippen LogP contribution in [-0.4, -0.2) is 59.9 Å². The van der Waals surface area contributed by atoms with E-state index in [9.17, 15) is 13.2 Å². The van der Waals surface area contributed by atoms with Crippen LogP contribution >= 0.6 is 11.3 Å². The van der Waals surface area contributed by atoms with Crippen LogP contribution in [0.2, 0.25) is 0 Å². The molecule has 0 aliphatic carbocycles. The molecule has 1 amide bonds. The van der Waals surface area contributed by atoms with Gasteiger partial charge in [0.05, 0.1) is 4.90 Å². The molecule has 1 aliphatic heterocycles. The number of amides is 1. The third kappa shape index (κ3) is 3.04. The number of hydrogen-bond donors (Lipinski definition) is 1. The first-order valence-corrected chi connectivity index (χ1v) is 9.51. The first-order chi connectivity index (χ1) is 10.9. The number of aryl methyl sites for hydroxylation is 2. The quantitative estimate of drug-likeness (QED) is 0.898. The zero-order chi connectivity index (χ0) is 16.6. The van der Waals surface area contributed by atoms with Crippen LogP contribution in [0.1, 0.15) is 20.2 Å². The van der Waals surface area contributed by atoms with Crippen molar-refractivity contribution in [1.29, 1.82) is 0 Å². The van der Waals surface area contributed by atoms with Crippen molar-refractivity contribution in [1.82, 2.24) is 19.4 Å². The number of thiophene rings is 1. The molecule has 7 nitrogen and oxygen atoms in total. The van der Waals surface area contributed by atoms with Gasteiger partial charge in [-0.1, -0.05) is 0 Å². The predicted octanol–water partition coefficient (Wildman–Crippen LogP) is 1.23. The number of rotatable bonds is 3. The summed E-state index contributed by atoms with van der Waals surface area (Å²) in [6, 6.07) is 3.33. The fourth-order valence-electron chi connectivity index (χ4n) is 2.68. The Balaban J connectivity index is 1.71. The zero-order valence-electron chi connectivity index (χ0n) is 12.9. The lowest BCUT2D eigenvalue weighted by atomic mass is 10.3. The largest absolute Gasteiger partial charge is 0.335 e. The molecule has 124 valence electrons. The van der Waals surface area contributed by atoms with E-state index in [1.165, 1.54) is 21.8 Å². The summed E-state index contributed by atoms with van der Waals surface area (Å²) >= 11 is 1.48. The van der Waals surface area contributed by atoms with E-state index in [2.05, 4.69) is 10.2 Å². The Hall–Kier alpha value is -1.71. The lowest BCUT2D eigenvalue weighted by Gasteiger charge is -2.33. The fraction of sp³-hybridized carbons (Fsp3) is 0.429. The number of aromatic amines is 1. The van der Waals surface area contributed by atoms with E-state index in [0.29, 0.717) is 36.8 Å². The topological polar surface area (TPSA) is 86.4 Å². The van der Waals surface area contributed by atoms with Crippen LogP contribution in [0.15, 0.2) is 23.2 Å². The number of piperazine rings is 1. The highest BCUT2D eigenvalue weighted by atomic mass is 32.2. The van der Waals surface area contributed by atoms with E-state index in [1.807, 2.05) is 13.8 Å². The number of aromatic nitrogens is 2. The van der Waals surface area contributed by atoms with Crippen molar-refractivity contribution < 1.29 is 13.2 Å². The Kier molecular flexibility index (Phi) is 4.26. The predicted molar refractivity (Wildman–Crippen MR) is 87.0 cm³/mol. The van der Waals surface area contributed by atoms with Gasteiger partial charge in [-0.2, -0.15) is 9.40 Å². The Morgan fingerprint density at radius 1 is 1.26 bits per heavy atom. The van der Waals surface area contributed by atoms with Gasteiger partial charge in [0.2, 0.25) is 10.0 Å². The van der Waals surface area contributed by atoms with Gasteiger partial charge in [-0.05, 0) is 26.0 Å². The monoisotopic (exact) mass is 354 g/mol. The number of hydrogen-bond acceptors (Lipinski definition) is 5. The third-order valence-electron chi connectivity index (χ3n) is 3.87. The average Bonchev–Trinajstić information content (AvgIpc) is 3.16. The number of nitrogens with zero attached hydrogens (tertiary/aromatic N) is 3. The van der Waals surface area contributed by atoms with Crippen LogP contribution < -0.4 is 0 Å². The maximum absolute atomic E-state index is 12.7. The molecule has 1 N–H and O–H groups in total. The van der Waals surface area contributed by atoms with Gasteiger partial charge in [-0.15, -0.1) is 11.3 Å². The molecule has 0 spiro atoms. The van der Waals surface area contributed by atoms with Crippen LogP contribution in [0.3, 0.4) is 0 Å². The summed E-state index contributed by atoms with van der Waals surface area (Å²) in [5.41, 5.74) is 0.422. The standard InChI is InChI=1S/C14H18N4O3S2/c1-10-9-13(11(2)22-10)23(20,21)18-7-5-17(6-8-18)14(19)12-3-4-15-16-12/h3-4,9H,5-8H2,1-2H3,(H,15,16). The van der Waals surface area contributed by atoms with Gasteiger partial charge in [0.25, 0.3) is 5.91 Å². The van der Waals surface area contributed by atoms with Gasteiger partial charge in [-0.3, -0.25) is 9.89 Å². The second-order valence-electron chi connectivity index (χ2n) is 5.44. The molecule has 0 bridgehead atoms. The lowest BCUT2D eigenvalue weighted by Crippen LogP contribution is -2.50. The first kappa shape index (κ1) is 16.2. The molecule has 9 heteroatoms. The van der Waals surface area contributed by atoms with E-state index in [4.69, 9.17) is 0 Å². The smallest absolute Gasteiger partial charge is 0.271 e. The lowest BCUT2D eigenvalue weighted by molar-refractivity contribution is 0.0692. The third-order valence-corrected chi connectivity index (χ3v) is 6.99. The maximum Gasteiger partial charge on any atom is 0.271 e. The Labute approximate surface area is 139 Å². The molecule has 3 rings (SSSR count). The molecule has 1 aliphatic rings. The summed E-state index contributed by atoms with van der Waals surface area (Å²) in [4.78, 5) is 16.0. The molecule has 1 fully saturated rings. The van der Waals surface area contributed by atoms with Gasteiger partial charge < -0.3 is 4.90 Å². The first-order valence-electron chi connectivity index (χ1n) is 7.25. The molecule has 1 saturated heterocycles. The second kappa shape index (κ2) is 6.06. The SMILES string of the molecule is Cc1cc(S(=O)(=O)N2CCN(C(=O)c3ccn[nH]3)CC2)c(C)s1. The Bertz CT molecular complexity index is 803. The van der Waals surface area contributed by atoms with E-state index in [-0.39, 0.29) is 5.91 Å². The summed E-state index contributed by atoms with van der Waals surface area (Å²) < 4.78 is 26.9. The molecular weight excluding hydrogens is 336 g/mol. The highest BCUT2D eigenvalue weighted by Crippen LogP contribution is 2.28. The van der Waals surface area contributed by atoms with E-state index in [0.717, 1.165) is 9.75 Å². The van der Waals surface area contributed by atoms with E-state index < -0.39 is 10.0 Å². The fourth-order valence-corrected chi connectivity index (χ4v) is 5.63. The summed E-state index contributed by atoms with van der Waals surface area (Å²) in [5, 5.41) is 6.41. The van der Waals surface area contributed by atoms with E-state index >= 15 is 0 Å². The Morgan fingerprint density at radius 2 is 1.96 bits per heavy atom. The highest BCUT2D eigenvalue weighted by molar-refractivity contribution is 7.89. The average molecular weight is 354 g/mol. The summed E-state index contributed by atoms with van der Waals surface area (Å²) in [7, 11) is -3.49. The number of H-pyrrole nitrogens is 1. The van der Waals surface area contributed by atoms with E-state index in [1.54, 1.807) is 17.0 Å². The van der Waals surface area contributed by atoms with Gasteiger partial charge in [0.15, 0.2) is 0 Å². The normalized spacial score (nSPS) is 16.7. The minimum Gasteiger partial charge on any atom is -0.335 e. The van der Waals surface area contributed by atoms with Crippen LogP contribution in [-0.2, 0) is 10.0 Å². The molecule has 3 heterocycles. The molecule has 0 atom stereocenters. The van der Waals surface area contributed by atoms with Gasteiger partial charge in [-0.25, -0.2) is 8.42 Å². The molecular formula is C14H18N4O3S2. The maximum atomic E-state index is 12.7. The zero-order valence-corrected chi connectivity index (χ0v) is 14.6. The summed E-state index contributed by atoms with van der Waals surface area (Å²) in [6.07, 6.45) is 1.52. The number of carbonyl (C=O) groups is 1. The van der Waals surface area contributed by atoms with Crippen LogP contribution in [0, 0.1) is 13.8 Å². The van der Waals surface area contributed by atoms with Crippen molar-refractivity contribution >= 4 is 27.3 Å². The van der Waals surface area contributed by atoms with Crippen molar-refractivity contribution in [3.8, 4) is 0 Å². The van der Waals surface area contributed by atoms with Gasteiger partial charge in [0, 0.05) is 42.1 Å². The second-order valence-corrected chi connectivity index (χ2v) is 8.81. The molecule has 0 aromatic carbocycles. The van der Waals surface area contributed by atoms with Crippen molar-refractivity contribution in [3.63, 3.8) is 0 Å². The molecule has 23 heavy (non-hydrogen) atoms. The van der Waals surface area contributed by atoms with Crippen LogP contribution in [0.25, 0.3) is 0 Å². The van der Waals surface area contributed by atoms with Gasteiger partial charge in [0.1, 0.15) is 5.69 Å². The highest BCUT2D eigenvalue weighted by Gasteiger charge is 2.32. The van der Waals surface area contributed by atoms with Crippen molar-refractivity contribution in [2.45, 2.75) is 18.7 Å². The van der Waals surface area contributed by atoms with Crippen molar-refractivity contribution in [2.24, 2.45) is 0 Å². The van der Waals surface area contributed by atoms with Crippen LogP contribution in [0.4, 0.5) is 0 Å². The molecule has 2 aromatic rings. The summed E-state index contributed by atoms with van der Waals surface area (Å²) in [5.74, 6) is -0.151. The van der Waals surface area contributed by atoms with Crippen LogP contribution in [0.5, 0.6) is 0 Å². The summed E-state index contributed by atoms with van der Waals surface area (Å²) in [6.45, 7) is 5.08. The molecule has 0 radical (unpaired) electrons. The minimum atomic E-state index is -3.49. The van der Waals surface area contributed by atoms with Crippen molar-refractivity contribution in [2.75, 3.05) is 26.2 Å². The molecule has 2 aromatic heterocycles. The van der Waals surface area contributed by atoms with Crippen molar-refractivity contribution in [3.05, 3.63) is 33.8 Å².